The predicted octanol–water partition coefficient (Wildman–Crippen LogP) is 1.36. The van der Waals surface area contributed by atoms with Gasteiger partial charge >= 0.3 is 0 Å². The van der Waals surface area contributed by atoms with E-state index < -0.39 is 15.6 Å². The summed E-state index contributed by atoms with van der Waals surface area (Å²) in [6.07, 6.45) is 4.54. The number of sulfonamides is 1. The summed E-state index contributed by atoms with van der Waals surface area (Å²) in [4.78, 5) is 4.11. The van der Waals surface area contributed by atoms with Crippen LogP contribution in [-0.4, -0.2) is 38.7 Å². The molecule has 2 N–H and O–H groups in total. The number of nitrogens with zero attached hydrogens (tertiary/aromatic N) is 1. The van der Waals surface area contributed by atoms with Crippen molar-refractivity contribution in [2.24, 2.45) is 0 Å². The molecule has 0 bridgehead atoms. The van der Waals surface area contributed by atoms with Crippen LogP contribution in [0.25, 0.3) is 0 Å². The molecule has 0 saturated carbocycles. The summed E-state index contributed by atoms with van der Waals surface area (Å²) < 4.78 is 33.1. The number of nitrogens with one attached hydrogen (secondary N) is 2. The number of hydrogen-bond acceptors (Lipinski definition) is 5. The molecule has 7 heteroatoms. The second kappa shape index (κ2) is 6.07. The van der Waals surface area contributed by atoms with Crippen LogP contribution >= 0.6 is 0 Å². The number of aromatic nitrogens is 1. The maximum absolute atomic E-state index is 12.5. The molecule has 0 aliphatic carbocycles. The van der Waals surface area contributed by atoms with Gasteiger partial charge in [-0.1, -0.05) is 6.92 Å². The zero-order valence-electron chi connectivity index (χ0n) is 11.8. The summed E-state index contributed by atoms with van der Waals surface area (Å²) in [5, 5.41) is 3.12. The van der Waals surface area contributed by atoms with Crippen molar-refractivity contribution in [1.29, 1.82) is 0 Å². The van der Waals surface area contributed by atoms with E-state index in [1.165, 1.54) is 6.20 Å². The third-order valence-corrected chi connectivity index (χ3v) is 4.90. The lowest BCUT2D eigenvalue weighted by Gasteiger charge is -2.24. The van der Waals surface area contributed by atoms with Crippen LogP contribution < -0.4 is 10.0 Å². The largest absolute Gasteiger partial charge is 0.384 e. The van der Waals surface area contributed by atoms with Crippen LogP contribution in [0, 0.1) is 0 Å². The van der Waals surface area contributed by atoms with Gasteiger partial charge in [-0.05, 0) is 25.8 Å². The van der Waals surface area contributed by atoms with E-state index in [1.54, 1.807) is 12.3 Å². The maximum atomic E-state index is 12.5. The van der Waals surface area contributed by atoms with Gasteiger partial charge in [0.2, 0.25) is 10.0 Å². The Hall–Kier alpha value is -1.18. The molecule has 1 atom stereocenters. The summed E-state index contributed by atoms with van der Waals surface area (Å²) in [5.41, 5.74) is 0.0355. The quantitative estimate of drug-likeness (QED) is 0.829. The highest BCUT2D eigenvalue weighted by Gasteiger charge is 2.35. The molecular formula is C13H21N3O3S. The number of anilines is 1. The van der Waals surface area contributed by atoms with E-state index in [2.05, 4.69) is 15.0 Å². The van der Waals surface area contributed by atoms with Crippen LogP contribution in [-0.2, 0) is 14.8 Å². The standard InChI is InChI=1S/C13H21N3O3S/c1-3-6-15-11-4-7-14-9-12(11)20(17,18)16-13(2)5-8-19-10-13/h4,7,9,16H,3,5-6,8,10H2,1-2H3,(H,14,15). The fourth-order valence-electron chi connectivity index (χ4n) is 2.13. The molecule has 2 rings (SSSR count). The first-order chi connectivity index (χ1) is 9.47. The summed E-state index contributed by atoms with van der Waals surface area (Å²) in [6, 6.07) is 1.68. The molecule has 0 radical (unpaired) electrons. The summed E-state index contributed by atoms with van der Waals surface area (Å²) in [5.74, 6) is 0. The van der Waals surface area contributed by atoms with Gasteiger partial charge in [-0.25, -0.2) is 13.1 Å². The average Bonchev–Trinajstić information content (AvgIpc) is 2.82. The normalized spacial score (nSPS) is 22.9. The lowest BCUT2D eigenvalue weighted by Crippen LogP contribution is -2.46. The van der Waals surface area contributed by atoms with Gasteiger partial charge < -0.3 is 10.1 Å². The van der Waals surface area contributed by atoms with Crippen molar-refractivity contribution >= 4 is 15.7 Å². The average molecular weight is 299 g/mol. The van der Waals surface area contributed by atoms with Crippen molar-refractivity contribution in [3.05, 3.63) is 18.5 Å². The van der Waals surface area contributed by atoms with E-state index in [1.807, 2.05) is 13.8 Å². The van der Waals surface area contributed by atoms with E-state index in [0.29, 0.717) is 31.9 Å². The van der Waals surface area contributed by atoms with E-state index >= 15 is 0 Å². The minimum absolute atomic E-state index is 0.182. The van der Waals surface area contributed by atoms with Gasteiger partial charge in [0.25, 0.3) is 0 Å². The van der Waals surface area contributed by atoms with Gasteiger partial charge in [-0.2, -0.15) is 0 Å². The second-order valence-electron chi connectivity index (χ2n) is 5.27. The molecule has 0 amide bonds. The van der Waals surface area contributed by atoms with Gasteiger partial charge in [0, 0.05) is 25.5 Å². The number of hydrogen-bond donors (Lipinski definition) is 2. The molecule has 20 heavy (non-hydrogen) atoms. The van der Waals surface area contributed by atoms with E-state index in [4.69, 9.17) is 4.74 Å². The summed E-state index contributed by atoms with van der Waals surface area (Å²) >= 11 is 0. The van der Waals surface area contributed by atoms with Crippen LogP contribution in [0.3, 0.4) is 0 Å². The third kappa shape index (κ3) is 3.47. The topological polar surface area (TPSA) is 80.3 Å². The van der Waals surface area contributed by atoms with Crippen molar-refractivity contribution in [2.75, 3.05) is 25.1 Å². The molecule has 1 saturated heterocycles. The zero-order chi connectivity index (χ0) is 14.6. The summed E-state index contributed by atoms with van der Waals surface area (Å²) in [7, 11) is -3.62. The maximum Gasteiger partial charge on any atom is 0.244 e. The number of rotatable bonds is 6. The molecule has 1 aliphatic heterocycles. The third-order valence-electron chi connectivity index (χ3n) is 3.24. The van der Waals surface area contributed by atoms with Crippen molar-refractivity contribution in [3.63, 3.8) is 0 Å². The molecule has 1 aliphatic rings. The highest BCUT2D eigenvalue weighted by Crippen LogP contribution is 2.24. The monoisotopic (exact) mass is 299 g/mol. The van der Waals surface area contributed by atoms with Crippen molar-refractivity contribution in [3.8, 4) is 0 Å². The van der Waals surface area contributed by atoms with Gasteiger partial charge in [0.15, 0.2) is 0 Å². The van der Waals surface area contributed by atoms with Crippen LogP contribution in [0.15, 0.2) is 23.4 Å². The van der Waals surface area contributed by atoms with Crippen LogP contribution in [0.4, 0.5) is 5.69 Å². The first kappa shape index (κ1) is 15.2. The predicted molar refractivity (Wildman–Crippen MR) is 77.2 cm³/mol. The Balaban J connectivity index is 2.24. The lowest BCUT2D eigenvalue weighted by molar-refractivity contribution is 0.178. The molecule has 6 nitrogen and oxygen atoms in total. The Morgan fingerprint density at radius 1 is 1.50 bits per heavy atom. The van der Waals surface area contributed by atoms with E-state index in [0.717, 1.165) is 6.42 Å². The van der Waals surface area contributed by atoms with Gasteiger partial charge in [-0.3, -0.25) is 4.98 Å². The van der Waals surface area contributed by atoms with Crippen LogP contribution in [0.5, 0.6) is 0 Å². The molecule has 0 aromatic carbocycles. The smallest absolute Gasteiger partial charge is 0.244 e. The second-order valence-corrected chi connectivity index (χ2v) is 6.92. The molecule has 112 valence electrons. The van der Waals surface area contributed by atoms with Gasteiger partial charge in [0.1, 0.15) is 4.90 Å². The highest BCUT2D eigenvalue weighted by molar-refractivity contribution is 7.89. The van der Waals surface area contributed by atoms with E-state index in [-0.39, 0.29) is 4.90 Å². The first-order valence-corrected chi connectivity index (χ1v) is 8.25. The van der Waals surface area contributed by atoms with E-state index in [9.17, 15) is 8.42 Å². The molecule has 1 aromatic rings. The molecule has 1 aromatic heterocycles. The van der Waals surface area contributed by atoms with Crippen LogP contribution in [0.1, 0.15) is 26.7 Å². The van der Waals surface area contributed by atoms with Gasteiger partial charge in [0.05, 0.1) is 17.8 Å². The molecule has 1 fully saturated rings. The Morgan fingerprint density at radius 2 is 2.30 bits per heavy atom. The van der Waals surface area contributed by atoms with Crippen molar-refractivity contribution < 1.29 is 13.2 Å². The Morgan fingerprint density at radius 3 is 2.95 bits per heavy atom. The number of ether oxygens (including phenoxy) is 1. The Kier molecular flexibility index (Phi) is 4.62. The first-order valence-electron chi connectivity index (χ1n) is 6.76. The Labute approximate surface area is 120 Å². The molecule has 2 heterocycles. The number of pyridine rings is 1. The highest BCUT2D eigenvalue weighted by atomic mass is 32.2. The SMILES string of the molecule is CCCNc1ccncc1S(=O)(=O)NC1(C)CCOC1. The fraction of sp³-hybridized carbons (Fsp3) is 0.615. The zero-order valence-corrected chi connectivity index (χ0v) is 12.7. The van der Waals surface area contributed by atoms with Crippen LogP contribution in [0.2, 0.25) is 0 Å². The Bertz CT molecular complexity index is 554. The van der Waals surface area contributed by atoms with Gasteiger partial charge in [-0.15, -0.1) is 0 Å². The molecule has 0 spiro atoms. The molecular weight excluding hydrogens is 278 g/mol. The van der Waals surface area contributed by atoms with Crippen molar-refractivity contribution in [2.45, 2.75) is 37.1 Å². The minimum atomic E-state index is -3.62. The fourth-order valence-corrected chi connectivity index (χ4v) is 3.68. The summed E-state index contributed by atoms with van der Waals surface area (Å²) in [6.45, 7) is 5.56. The minimum Gasteiger partial charge on any atom is -0.384 e. The van der Waals surface area contributed by atoms with Crippen molar-refractivity contribution in [1.82, 2.24) is 9.71 Å². The lowest BCUT2D eigenvalue weighted by atomic mass is 10.0. The molecule has 1 unspecified atom stereocenters.